The summed E-state index contributed by atoms with van der Waals surface area (Å²) in [5.74, 6) is 0.991. The van der Waals surface area contributed by atoms with Gasteiger partial charge in [-0.15, -0.1) is 0 Å². The minimum atomic E-state index is 0.178. The molecule has 0 aliphatic carbocycles. The fourth-order valence-corrected chi connectivity index (χ4v) is 2.26. The summed E-state index contributed by atoms with van der Waals surface area (Å²) >= 11 is 0. The second-order valence-corrected chi connectivity index (χ2v) is 4.01. The predicted molar refractivity (Wildman–Crippen MR) is 64.5 cm³/mol. The van der Waals surface area contributed by atoms with Gasteiger partial charge in [0.1, 0.15) is 11.6 Å². The van der Waals surface area contributed by atoms with Crippen molar-refractivity contribution in [2.45, 2.75) is 5.92 Å². The van der Waals surface area contributed by atoms with Gasteiger partial charge in [0.05, 0.1) is 0 Å². The number of hydrogen-bond donors (Lipinski definition) is 2. The van der Waals surface area contributed by atoms with E-state index in [1.807, 2.05) is 24.3 Å². The van der Waals surface area contributed by atoms with E-state index in [4.69, 9.17) is 5.73 Å². The zero-order chi connectivity index (χ0) is 11.0. The van der Waals surface area contributed by atoms with Crippen LogP contribution >= 0.6 is 0 Å². The highest BCUT2D eigenvalue weighted by molar-refractivity contribution is 5.90. The van der Waals surface area contributed by atoms with Crippen molar-refractivity contribution in [3.05, 3.63) is 65.7 Å². The zero-order valence-electron chi connectivity index (χ0n) is 8.85. The zero-order valence-corrected chi connectivity index (χ0v) is 8.85. The number of rotatable bonds is 1. The Morgan fingerprint density at radius 3 is 2.38 bits per heavy atom. The predicted octanol–water partition coefficient (Wildman–Crippen LogP) is 0.901. The van der Waals surface area contributed by atoms with Crippen molar-refractivity contribution < 1.29 is 4.99 Å². The molecule has 1 unspecified atom stereocenters. The maximum atomic E-state index is 6.07. The van der Waals surface area contributed by atoms with Gasteiger partial charge in [-0.2, -0.15) is 0 Å². The monoisotopic (exact) mass is 209 g/mol. The van der Waals surface area contributed by atoms with E-state index < -0.39 is 0 Å². The smallest absolute Gasteiger partial charge is 0.257 e. The molecule has 0 fully saturated rings. The van der Waals surface area contributed by atoms with Gasteiger partial charge in [-0.3, -0.25) is 5.73 Å². The third-order valence-corrected chi connectivity index (χ3v) is 2.99. The van der Waals surface area contributed by atoms with Gasteiger partial charge in [0.15, 0.2) is 0 Å². The summed E-state index contributed by atoms with van der Waals surface area (Å²) in [5.41, 5.74) is 9.68. The lowest BCUT2D eigenvalue weighted by molar-refractivity contribution is -0.351. The Morgan fingerprint density at radius 1 is 0.875 bits per heavy atom. The molecule has 1 aliphatic heterocycles. The number of nitrogens with one attached hydrogen (secondary N) is 1. The first-order valence-corrected chi connectivity index (χ1v) is 5.39. The first-order chi connectivity index (χ1) is 7.86. The third kappa shape index (κ3) is 1.31. The number of amidine groups is 1. The van der Waals surface area contributed by atoms with E-state index >= 15 is 0 Å². The molecule has 2 heteroatoms. The van der Waals surface area contributed by atoms with Gasteiger partial charge >= 0.3 is 0 Å². The standard InChI is InChI=1S/C14H12N2/c15-14-13(10-6-2-1-3-7-10)11-8-4-5-9-12(11)16-14/h1-9,13H,(H2,15,16)/p+1. The molecule has 1 aliphatic rings. The molecular formula is C14H13N2+. The van der Waals surface area contributed by atoms with Crippen LogP contribution in [0.4, 0.5) is 5.69 Å². The van der Waals surface area contributed by atoms with Crippen LogP contribution in [0, 0.1) is 0 Å². The fourth-order valence-electron chi connectivity index (χ4n) is 2.26. The first kappa shape index (κ1) is 9.16. The quantitative estimate of drug-likeness (QED) is 0.720. The minimum Gasteiger partial charge on any atom is -0.290 e. The average Bonchev–Trinajstić information content (AvgIpc) is 2.66. The van der Waals surface area contributed by atoms with Crippen LogP contribution in [0.5, 0.6) is 0 Å². The molecule has 1 heterocycles. The van der Waals surface area contributed by atoms with Crippen molar-refractivity contribution >= 4 is 11.5 Å². The van der Waals surface area contributed by atoms with Crippen LogP contribution in [0.3, 0.4) is 0 Å². The molecule has 3 N–H and O–H groups in total. The van der Waals surface area contributed by atoms with E-state index in [1.165, 1.54) is 11.1 Å². The molecule has 0 bridgehead atoms. The lowest BCUT2D eigenvalue weighted by atomic mass is 9.92. The van der Waals surface area contributed by atoms with E-state index in [1.54, 1.807) is 0 Å². The second kappa shape index (κ2) is 3.49. The van der Waals surface area contributed by atoms with Crippen LogP contribution in [0.2, 0.25) is 0 Å². The van der Waals surface area contributed by atoms with Crippen molar-refractivity contribution in [1.29, 1.82) is 0 Å². The lowest BCUT2D eigenvalue weighted by Crippen LogP contribution is -2.67. The molecule has 16 heavy (non-hydrogen) atoms. The fraction of sp³-hybridized carbons (Fsp3) is 0.0714. The van der Waals surface area contributed by atoms with Crippen molar-refractivity contribution in [3.8, 4) is 0 Å². The van der Waals surface area contributed by atoms with Gasteiger partial charge in [-0.1, -0.05) is 48.5 Å². The van der Waals surface area contributed by atoms with Crippen LogP contribution < -0.4 is 10.7 Å². The van der Waals surface area contributed by atoms with Gasteiger partial charge in [0, 0.05) is 5.56 Å². The maximum absolute atomic E-state index is 6.07. The van der Waals surface area contributed by atoms with Crippen LogP contribution in [0.25, 0.3) is 0 Å². The lowest BCUT2D eigenvalue weighted by Gasteiger charge is -2.08. The Hall–Kier alpha value is -2.09. The number of nitrogens with two attached hydrogens (primary N) is 1. The summed E-state index contributed by atoms with van der Waals surface area (Å²) < 4.78 is 0. The molecule has 0 aromatic heterocycles. The Kier molecular flexibility index (Phi) is 2.00. The first-order valence-electron chi connectivity index (χ1n) is 5.39. The molecule has 0 saturated heterocycles. The van der Waals surface area contributed by atoms with Gasteiger partial charge in [0.2, 0.25) is 0 Å². The van der Waals surface area contributed by atoms with Crippen LogP contribution in [0.15, 0.2) is 54.6 Å². The summed E-state index contributed by atoms with van der Waals surface area (Å²) in [7, 11) is 0. The topological polar surface area (TPSA) is 40.0 Å². The van der Waals surface area contributed by atoms with E-state index in [9.17, 15) is 0 Å². The SMILES string of the molecule is NC1=[NH+]c2ccccc2C1c1ccccc1. The molecule has 2 aromatic rings. The third-order valence-electron chi connectivity index (χ3n) is 2.99. The summed E-state index contributed by atoms with van der Waals surface area (Å²) in [6.45, 7) is 0. The summed E-state index contributed by atoms with van der Waals surface area (Å²) in [4.78, 5) is 3.24. The van der Waals surface area contributed by atoms with Gasteiger partial charge in [0.25, 0.3) is 5.84 Å². The van der Waals surface area contributed by atoms with Crippen LogP contribution in [-0.4, -0.2) is 5.84 Å². The molecule has 0 radical (unpaired) electrons. The molecule has 2 nitrogen and oxygen atoms in total. The average molecular weight is 209 g/mol. The summed E-state index contributed by atoms with van der Waals surface area (Å²) in [5, 5.41) is 0. The van der Waals surface area contributed by atoms with Crippen molar-refractivity contribution in [3.63, 3.8) is 0 Å². The number of para-hydroxylation sites is 1. The molecule has 78 valence electrons. The van der Waals surface area contributed by atoms with E-state index in [0.29, 0.717) is 0 Å². The molecule has 0 amide bonds. The van der Waals surface area contributed by atoms with E-state index in [0.717, 1.165) is 11.5 Å². The molecule has 3 rings (SSSR count). The van der Waals surface area contributed by atoms with Crippen molar-refractivity contribution in [1.82, 2.24) is 0 Å². The Balaban J connectivity index is 2.14. The normalized spacial score (nSPS) is 18.0. The molecule has 1 atom stereocenters. The minimum absolute atomic E-state index is 0.178. The van der Waals surface area contributed by atoms with E-state index in [-0.39, 0.29) is 5.92 Å². The molecular weight excluding hydrogens is 196 g/mol. The van der Waals surface area contributed by atoms with Gasteiger partial charge in [-0.05, 0) is 11.6 Å². The van der Waals surface area contributed by atoms with Gasteiger partial charge in [-0.25, -0.2) is 4.99 Å². The highest BCUT2D eigenvalue weighted by Crippen LogP contribution is 2.29. The highest BCUT2D eigenvalue weighted by atomic mass is 14.9. The van der Waals surface area contributed by atoms with Crippen molar-refractivity contribution in [2.24, 2.45) is 5.73 Å². The Bertz CT molecular complexity index is 544. The largest absolute Gasteiger partial charge is 0.290 e. The molecule has 2 aromatic carbocycles. The van der Waals surface area contributed by atoms with E-state index in [2.05, 4.69) is 35.3 Å². The molecule has 0 saturated carbocycles. The molecule has 0 spiro atoms. The number of fused-ring (bicyclic) bond motifs is 1. The summed E-state index contributed by atoms with van der Waals surface area (Å²) in [6, 6.07) is 18.6. The van der Waals surface area contributed by atoms with Gasteiger partial charge < -0.3 is 0 Å². The number of hydrogen-bond acceptors (Lipinski definition) is 1. The maximum Gasteiger partial charge on any atom is 0.257 e. The summed E-state index contributed by atoms with van der Waals surface area (Å²) in [6.07, 6.45) is 0. The number of benzene rings is 2. The van der Waals surface area contributed by atoms with Crippen LogP contribution in [0.1, 0.15) is 17.0 Å². The second-order valence-electron chi connectivity index (χ2n) is 4.01. The Morgan fingerprint density at radius 2 is 1.56 bits per heavy atom. The van der Waals surface area contributed by atoms with Crippen LogP contribution in [-0.2, 0) is 0 Å². The van der Waals surface area contributed by atoms with Crippen molar-refractivity contribution in [2.75, 3.05) is 0 Å². The highest BCUT2D eigenvalue weighted by Gasteiger charge is 2.30. The Labute approximate surface area is 94.4 Å².